The molecular formula is C12H11BrN6S. The molecular weight excluding hydrogens is 340 g/mol. The van der Waals surface area contributed by atoms with E-state index in [1.54, 1.807) is 13.2 Å². The van der Waals surface area contributed by atoms with Crippen LogP contribution in [0.4, 0.5) is 16.8 Å². The zero-order chi connectivity index (χ0) is 14.1. The van der Waals surface area contributed by atoms with E-state index in [4.69, 9.17) is 5.26 Å². The van der Waals surface area contributed by atoms with Crippen molar-refractivity contribution in [3.05, 3.63) is 21.4 Å². The molecule has 2 N–H and O–H groups in total. The fourth-order valence-corrected chi connectivity index (χ4v) is 3.17. The number of anilines is 3. The maximum atomic E-state index is 9.15. The molecule has 20 heavy (non-hydrogen) atoms. The molecule has 0 aliphatic heterocycles. The number of thiazole rings is 1. The highest BCUT2D eigenvalue weighted by molar-refractivity contribution is 9.10. The normalized spacial score (nSPS) is 13.8. The van der Waals surface area contributed by atoms with E-state index < -0.39 is 0 Å². The van der Waals surface area contributed by atoms with Gasteiger partial charge in [0.2, 0.25) is 5.95 Å². The Hall–Kier alpha value is -1.72. The summed E-state index contributed by atoms with van der Waals surface area (Å²) in [5.41, 5.74) is 0.412. The molecule has 8 heteroatoms. The van der Waals surface area contributed by atoms with Crippen LogP contribution in [0.25, 0.3) is 0 Å². The molecule has 102 valence electrons. The Morgan fingerprint density at radius 2 is 2.25 bits per heavy atom. The predicted octanol–water partition coefficient (Wildman–Crippen LogP) is 3.23. The third-order valence-corrected chi connectivity index (χ3v) is 4.60. The molecule has 1 fully saturated rings. The van der Waals surface area contributed by atoms with Crippen LogP contribution in [0.5, 0.6) is 0 Å². The molecule has 2 heterocycles. The van der Waals surface area contributed by atoms with Crippen LogP contribution in [0.1, 0.15) is 29.5 Å². The van der Waals surface area contributed by atoms with Gasteiger partial charge in [0.05, 0.1) is 9.48 Å². The number of nitriles is 1. The number of halogens is 1. The maximum absolute atomic E-state index is 9.15. The van der Waals surface area contributed by atoms with Gasteiger partial charge in [0.1, 0.15) is 16.9 Å². The maximum Gasteiger partial charge on any atom is 0.229 e. The summed E-state index contributed by atoms with van der Waals surface area (Å²) in [6, 6.07) is 2.12. The average Bonchev–Trinajstić information content (AvgIpc) is 3.23. The summed E-state index contributed by atoms with van der Waals surface area (Å²) in [5.74, 6) is 1.66. The molecule has 3 rings (SSSR count). The average molecular weight is 351 g/mol. The highest BCUT2D eigenvalue weighted by Gasteiger charge is 2.28. The zero-order valence-electron chi connectivity index (χ0n) is 10.6. The number of nitrogens with zero attached hydrogens (tertiary/aromatic N) is 4. The van der Waals surface area contributed by atoms with Crippen molar-refractivity contribution >= 4 is 44.0 Å². The summed E-state index contributed by atoms with van der Waals surface area (Å²) in [6.45, 7) is 0. The molecule has 1 aliphatic carbocycles. The Bertz CT molecular complexity index is 688. The van der Waals surface area contributed by atoms with E-state index in [-0.39, 0.29) is 0 Å². The topological polar surface area (TPSA) is 86.5 Å². The third-order valence-electron chi connectivity index (χ3n) is 2.88. The monoisotopic (exact) mass is 350 g/mol. The lowest BCUT2D eigenvalue weighted by atomic mass is 10.4. The molecule has 6 nitrogen and oxygen atoms in total. The number of hydrogen-bond donors (Lipinski definition) is 2. The number of hydrogen-bond acceptors (Lipinski definition) is 7. The molecule has 0 amide bonds. The molecule has 0 bridgehead atoms. The Kier molecular flexibility index (Phi) is 3.54. The highest BCUT2D eigenvalue weighted by Crippen LogP contribution is 2.44. The van der Waals surface area contributed by atoms with Crippen LogP contribution in [0.2, 0.25) is 0 Å². The fourth-order valence-electron chi connectivity index (χ4n) is 1.71. The summed E-state index contributed by atoms with van der Waals surface area (Å²) in [5, 5.41) is 16.9. The fraction of sp³-hybridized carbons (Fsp3) is 0.333. The second-order valence-corrected chi connectivity index (χ2v) is 6.27. The van der Waals surface area contributed by atoms with E-state index in [2.05, 4.69) is 47.6 Å². The second-order valence-electron chi connectivity index (χ2n) is 4.38. The first-order valence-corrected chi connectivity index (χ1v) is 7.70. The van der Waals surface area contributed by atoms with E-state index in [0.29, 0.717) is 28.4 Å². The van der Waals surface area contributed by atoms with Gasteiger partial charge in [-0.2, -0.15) is 10.2 Å². The van der Waals surface area contributed by atoms with Gasteiger partial charge < -0.3 is 10.6 Å². The minimum absolute atomic E-state index is 0.412. The SMILES string of the molecule is CNc1nc(Nc2sc(C3CC3)nc2C#N)ncc1Br. The van der Waals surface area contributed by atoms with Crippen molar-refractivity contribution in [2.24, 2.45) is 0 Å². The molecule has 2 aromatic rings. The Morgan fingerprint density at radius 3 is 2.90 bits per heavy atom. The van der Waals surface area contributed by atoms with Crippen LogP contribution >= 0.6 is 27.3 Å². The molecule has 0 saturated heterocycles. The van der Waals surface area contributed by atoms with E-state index in [1.807, 2.05) is 0 Å². The lowest BCUT2D eigenvalue weighted by molar-refractivity contribution is 1.07. The molecule has 0 spiro atoms. The van der Waals surface area contributed by atoms with Crippen molar-refractivity contribution in [2.75, 3.05) is 17.7 Å². The van der Waals surface area contributed by atoms with Gasteiger partial charge in [-0.25, -0.2) is 9.97 Å². The van der Waals surface area contributed by atoms with Crippen molar-refractivity contribution in [1.82, 2.24) is 15.0 Å². The largest absolute Gasteiger partial charge is 0.372 e. The van der Waals surface area contributed by atoms with Crippen molar-refractivity contribution in [3.8, 4) is 6.07 Å². The molecule has 2 aromatic heterocycles. The van der Waals surface area contributed by atoms with Gasteiger partial charge >= 0.3 is 0 Å². The van der Waals surface area contributed by atoms with Gasteiger partial charge in [-0.3, -0.25) is 0 Å². The predicted molar refractivity (Wildman–Crippen MR) is 81.4 cm³/mol. The van der Waals surface area contributed by atoms with E-state index in [0.717, 1.165) is 22.3 Å². The van der Waals surface area contributed by atoms with Gasteiger partial charge in [-0.05, 0) is 28.8 Å². The standard InChI is InChI=1S/C12H11BrN6S/c1-15-9-7(13)5-16-12(18-9)19-11-8(4-14)17-10(20-11)6-2-3-6/h5-6H,2-3H2,1H3,(H2,15,16,18,19). The highest BCUT2D eigenvalue weighted by atomic mass is 79.9. The Morgan fingerprint density at radius 1 is 1.45 bits per heavy atom. The van der Waals surface area contributed by atoms with E-state index in [1.165, 1.54) is 11.3 Å². The van der Waals surface area contributed by atoms with E-state index >= 15 is 0 Å². The zero-order valence-corrected chi connectivity index (χ0v) is 13.0. The molecule has 0 unspecified atom stereocenters. The quantitative estimate of drug-likeness (QED) is 0.880. The van der Waals surface area contributed by atoms with Gasteiger partial charge in [-0.1, -0.05) is 11.3 Å². The number of nitrogens with one attached hydrogen (secondary N) is 2. The third kappa shape index (κ3) is 2.59. The summed E-state index contributed by atoms with van der Waals surface area (Å²) in [4.78, 5) is 12.9. The van der Waals surface area contributed by atoms with Crippen LogP contribution < -0.4 is 10.6 Å². The molecule has 1 saturated carbocycles. The van der Waals surface area contributed by atoms with Gasteiger partial charge in [0.25, 0.3) is 0 Å². The summed E-state index contributed by atoms with van der Waals surface area (Å²) < 4.78 is 0.786. The summed E-state index contributed by atoms with van der Waals surface area (Å²) in [6.07, 6.45) is 3.99. The molecule has 0 aromatic carbocycles. The van der Waals surface area contributed by atoms with Crippen molar-refractivity contribution in [2.45, 2.75) is 18.8 Å². The van der Waals surface area contributed by atoms with Gasteiger partial charge in [-0.15, -0.1) is 0 Å². The van der Waals surface area contributed by atoms with Crippen LogP contribution in [0.3, 0.4) is 0 Å². The smallest absolute Gasteiger partial charge is 0.229 e. The first-order valence-electron chi connectivity index (χ1n) is 6.09. The van der Waals surface area contributed by atoms with E-state index in [9.17, 15) is 0 Å². The lowest BCUT2D eigenvalue weighted by Crippen LogP contribution is -2.01. The Balaban J connectivity index is 1.88. The molecule has 0 radical (unpaired) electrons. The van der Waals surface area contributed by atoms with Crippen molar-refractivity contribution < 1.29 is 0 Å². The van der Waals surface area contributed by atoms with Crippen LogP contribution in [-0.2, 0) is 0 Å². The van der Waals surface area contributed by atoms with Crippen molar-refractivity contribution in [1.29, 1.82) is 5.26 Å². The van der Waals surface area contributed by atoms with Crippen LogP contribution in [-0.4, -0.2) is 22.0 Å². The molecule has 1 aliphatic rings. The summed E-state index contributed by atoms with van der Waals surface area (Å²) in [7, 11) is 1.79. The lowest BCUT2D eigenvalue weighted by Gasteiger charge is -2.05. The number of aromatic nitrogens is 3. The first kappa shape index (κ1) is 13.3. The van der Waals surface area contributed by atoms with Crippen LogP contribution in [0, 0.1) is 11.3 Å². The second kappa shape index (κ2) is 5.34. The van der Waals surface area contributed by atoms with Gasteiger partial charge in [0.15, 0.2) is 5.69 Å². The Labute approximate surface area is 128 Å². The number of rotatable bonds is 4. The van der Waals surface area contributed by atoms with Crippen LogP contribution in [0.15, 0.2) is 10.7 Å². The van der Waals surface area contributed by atoms with Crippen molar-refractivity contribution in [3.63, 3.8) is 0 Å². The first-order chi connectivity index (χ1) is 9.71. The molecule has 0 atom stereocenters. The minimum Gasteiger partial charge on any atom is -0.372 e. The van der Waals surface area contributed by atoms with Gasteiger partial charge in [0, 0.05) is 19.2 Å². The minimum atomic E-state index is 0.412. The summed E-state index contributed by atoms with van der Waals surface area (Å²) >= 11 is 4.87.